The summed E-state index contributed by atoms with van der Waals surface area (Å²) in [6.45, 7) is 5.37. The zero-order valence-corrected chi connectivity index (χ0v) is 36.4. The third-order valence-corrected chi connectivity index (χ3v) is 13.7. The summed E-state index contributed by atoms with van der Waals surface area (Å²) in [5, 5.41) is 8.08. The van der Waals surface area contributed by atoms with Gasteiger partial charge in [0.15, 0.2) is 0 Å². The number of likely N-dealkylation sites (N-methyl/N-ethyl adjacent to an activating group) is 1. The number of piperidine rings is 1. The van der Waals surface area contributed by atoms with Crippen LogP contribution in [0.4, 0.5) is 15.8 Å². The van der Waals surface area contributed by atoms with Gasteiger partial charge in [-0.2, -0.15) is 0 Å². The van der Waals surface area contributed by atoms with Gasteiger partial charge in [-0.3, -0.25) is 43.9 Å². The molecule has 2 unspecified atom stereocenters. The van der Waals surface area contributed by atoms with Crippen LogP contribution in [0.5, 0.6) is 0 Å². The fraction of sp³-hybridized carbons (Fsp3) is 0.500. The molecular formula is C48H59FN8O6. The number of hydrogen-bond acceptors (Lipinski definition) is 10. The molecule has 0 saturated carbocycles. The first-order valence-electron chi connectivity index (χ1n) is 22.6. The Morgan fingerprint density at radius 1 is 0.810 bits per heavy atom. The molecule has 3 aromatic carbocycles. The number of benzene rings is 3. The minimum absolute atomic E-state index is 0.0150. The Balaban J connectivity index is 0.690. The summed E-state index contributed by atoms with van der Waals surface area (Å²) in [5.41, 5.74) is 5.37. The van der Waals surface area contributed by atoms with E-state index < -0.39 is 29.7 Å². The van der Waals surface area contributed by atoms with Crippen LogP contribution in [0.25, 0.3) is 0 Å². The fourth-order valence-electron chi connectivity index (χ4n) is 10.2. The van der Waals surface area contributed by atoms with Crippen molar-refractivity contribution < 1.29 is 33.2 Å². The maximum Gasteiger partial charge on any atom is 0.262 e. The number of aryl methyl sites for hydroxylation is 1. The number of fused-ring (bicyclic) bond motifs is 2. The van der Waals surface area contributed by atoms with E-state index in [1.54, 1.807) is 12.1 Å². The lowest BCUT2D eigenvalue weighted by molar-refractivity contribution is -0.136. The molecular weight excluding hydrogens is 804 g/mol. The number of piperazine rings is 1. The SMILES string of the molecule is CN(C)[C@H]1CN(C2CCc3cccc(F)c32)C[C@@H]1c1ccc(N2CCN(C(=O)CCCCCCCNC(=O)CNc3ccc4c(c3)C(=O)N(C3CCC(=O)NC3=O)C4=O)CC2)cc1. The summed E-state index contributed by atoms with van der Waals surface area (Å²) in [4.78, 5) is 85.5. The van der Waals surface area contributed by atoms with Crippen molar-refractivity contribution in [2.45, 2.75) is 88.3 Å². The van der Waals surface area contributed by atoms with Crippen molar-refractivity contribution in [3.8, 4) is 0 Å². The third kappa shape index (κ3) is 9.64. The normalized spacial score (nSPS) is 22.4. The topological polar surface area (TPSA) is 155 Å². The van der Waals surface area contributed by atoms with Crippen molar-refractivity contribution in [3.05, 3.63) is 94.3 Å². The molecule has 5 aliphatic rings. The van der Waals surface area contributed by atoms with E-state index >= 15 is 0 Å². The van der Waals surface area contributed by atoms with Crippen LogP contribution < -0.4 is 20.9 Å². The van der Waals surface area contributed by atoms with E-state index in [1.807, 2.05) is 11.0 Å². The lowest BCUT2D eigenvalue weighted by Gasteiger charge is -2.36. The molecule has 3 N–H and O–H groups in total. The van der Waals surface area contributed by atoms with Crippen molar-refractivity contribution in [3.63, 3.8) is 0 Å². The van der Waals surface area contributed by atoms with Crippen molar-refractivity contribution in [2.75, 3.05) is 76.7 Å². The van der Waals surface area contributed by atoms with Gasteiger partial charge in [-0.15, -0.1) is 0 Å². The van der Waals surface area contributed by atoms with Crippen LogP contribution in [0.3, 0.4) is 0 Å². The molecule has 0 radical (unpaired) electrons. The number of likely N-dealkylation sites (tertiary alicyclic amines) is 1. The van der Waals surface area contributed by atoms with E-state index in [1.165, 1.54) is 23.4 Å². The van der Waals surface area contributed by atoms with Crippen LogP contribution in [0, 0.1) is 5.82 Å². The first-order valence-corrected chi connectivity index (χ1v) is 22.6. The van der Waals surface area contributed by atoms with Gasteiger partial charge in [0.25, 0.3) is 11.8 Å². The summed E-state index contributed by atoms with van der Waals surface area (Å²) >= 11 is 0. The number of nitrogens with one attached hydrogen (secondary N) is 3. The standard InChI is InChI=1S/C48H59FN8O6/c1-53(2)41-30-56(39-19-14-32-9-8-10-38(49)45(32)39)29-37(41)31-12-16-34(17-13-31)54-23-25-55(26-24-54)44(60)11-6-4-3-5-7-22-50-43(59)28-51-33-15-18-35-36(27-33)48(63)57(47(35)62)40-20-21-42(58)52-46(40)61/h8-10,12-13,15-18,27,37,39-41,51H,3-7,11,14,19-26,28-30H2,1-2H3,(H,50,59)(H,52,58,61)/t37-,39?,40?,41+/m1/s1. The number of hydrogen-bond donors (Lipinski definition) is 3. The smallest absolute Gasteiger partial charge is 0.262 e. The first-order chi connectivity index (χ1) is 30.5. The molecule has 0 spiro atoms. The molecule has 3 fully saturated rings. The molecule has 3 aromatic rings. The summed E-state index contributed by atoms with van der Waals surface area (Å²) in [6, 6.07) is 18.6. The van der Waals surface area contributed by atoms with Crippen LogP contribution in [0.1, 0.15) is 107 Å². The number of amides is 6. The van der Waals surface area contributed by atoms with Gasteiger partial charge in [0.1, 0.15) is 11.9 Å². The van der Waals surface area contributed by atoms with Gasteiger partial charge in [-0.05, 0) is 93.7 Å². The Hall–Kier alpha value is -5.67. The molecule has 63 heavy (non-hydrogen) atoms. The average molecular weight is 863 g/mol. The second kappa shape index (κ2) is 19.4. The van der Waals surface area contributed by atoms with Crippen molar-refractivity contribution in [2.24, 2.45) is 0 Å². The maximum absolute atomic E-state index is 14.9. The van der Waals surface area contributed by atoms with E-state index in [0.29, 0.717) is 43.7 Å². The molecule has 0 aromatic heterocycles. The van der Waals surface area contributed by atoms with Crippen LogP contribution in [0.2, 0.25) is 0 Å². The highest BCUT2D eigenvalue weighted by atomic mass is 19.1. The van der Waals surface area contributed by atoms with E-state index in [9.17, 15) is 33.2 Å². The molecule has 15 heteroatoms. The monoisotopic (exact) mass is 862 g/mol. The Bertz CT molecular complexity index is 2230. The molecule has 6 amide bonds. The zero-order valence-electron chi connectivity index (χ0n) is 36.4. The van der Waals surface area contributed by atoms with Gasteiger partial charge >= 0.3 is 0 Å². The third-order valence-electron chi connectivity index (χ3n) is 13.7. The summed E-state index contributed by atoms with van der Waals surface area (Å²) in [7, 11) is 4.29. The molecule has 1 aliphatic carbocycles. The molecule has 4 atom stereocenters. The summed E-state index contributed by atoms with van der Waals surface area (Å²) in [6.07, 6.45) is 7.10. The molecule has 334 valence electrons. The predicted octanol–water partition coefficient (Wildman–Crippen LogP) is 4.46. The predicted molar refractivity (Wildman–Crippen MR) is 237 cm³/mol. The van der Waals surface area contributed by atoms with Crippen LogP contribution in [0.15, 0.2) is 60.7 Å². The Morgan fingerprint density at radius 3 is 2.30 bits per heavy atom. The minimum Gasteiger partial charge on any atom is -0.376 e. The molecule has 4 aliphatic heterocycles. The second-order valence-electron chi connectivity index (χ2n) is 17.8. The van der Waals surface area contributed by atoms with Crippen molar-refractivity contribution >= 4 is 46.8 Å². The van der Waals surface area contributed by atoms with Crippen molar-refractivity contribution in [1.29, 1.82) is 0 Å². The molecule has 14 nitrogen and oxygen atoms in total. The van der Waals surface area contributed by atoms with Crippen LogP contribution in [-0.2, 0) is 25.6 Å². The van der Waals surface area contributed by atoms with Gasteiger partial charge in [-0.25, -0.2) is 4.39 Å². The highest BCUT2D eigenvalue weighted by molar-refractivity contribution is 6.23. The number of carbonyl (C=O) groups excluding carboxylic acids is 6. The van der Waals surface area contributed by atoms with Gasteiger partial charge in [0.05, 0.1) is 17.7 Å². The van der Waals surface area contributed by atoms with Gasteiger partial charge in [0.2, 0.25) is 23.6 Å². The average Bonchev–Trinajstić information content (AvgIpc) is 3.99. The quantitative estimate of drug-likeness (QED) is 0.139. The Morgan fingerprint density at radius 2 is 1.54 bits per heavy atom. The minimum atomic E-state index is -1.03. The number of carbonyl (C=O) groups is 6. The second-order valence-corrected chi connectivity index (χ2v) is 17.8. The Labute approximate surface area is 368 Å². The van der Waals surface area contributed by atoms with E-state index in [-0.39, 0.29) is 54.2 Å². The summed E-state index contributed by atoms with van der Waals surface area (Å²) < 4.78 is 14.9. The van der Waals surface area contributed by atoms with Gasteiger partial charge < -0.3 is 25.3 Å². The fourth-order valence-corrected chi connectivity index (χ4v) is 10.2. The highest BCUT2D eigenvalue weighted by Crippen LogP contribution is 2.43. The van der Waals surface area contributed by atoms with Gasteiger partial charge in [0, 0.05) is 93.6 Å². The largest absolute Gasteiger partial charge is 0.376 e. The summed E-state index contributed by atoms with van der Waals surface area (Å²) in [5.74, 6) is -2.00. The number of anilines is 2. The highest BCUT2D eigenvalue weighted by Gasteiger charge is 2.45. The van der Waals surface area contributed by atoms with Crippen molar-refractivity contribution in [1.82, 2.24) is 30.2 Å². The van der Waals surface area contributed by atoms with Gasteiger partial charge in [-0.1, -0.05) is 43.5 Å². The number of halogens is 1. The number of imide groups is 2. The van der Waals surface area contributed by atoms with Crippen LogP contribution >= 0.6 is 0 Å². The van der Waals surface area contributed by atoms with E-state index in [0.717, 1.165) is 87.2 Å². The first kappa shape index (κ1) is 44.0. The molecule has 8 rings (SSSR count). The lowest BCUT2D eigenvalue weighted by Crippen LogP contribution is -2.54. The zero-order chi connectivity index (χ0) is 44.2. The molecule has 0 bridgehead atoms. The van der Waals surface area contributed by atoms with Crippen LogP contribution in [-0.4, -0.2) is 134 Å². The maximum atomic E-state index is 14.9. The van der Waals surface area contributed by atoms with E-state index in [2.05, 4.69) is 75.1 Å². The number of unbranched alkanes of at least 4 members (excludes halogenated alkanes) is 4. The number of nitrogens with zero attached hydrogens (tertiary/aromatic N) is 5. The van der Waals surface area contributed by atoms with E-state index in [4.69, 9.17) is 0 Å². The Kier molecular flexibility index (Phi) is 13.5. The lowest BCUT2D eigenvalue weighted by atomic mass is 9.93. The number of rotatable bonds is 16. The molecule has 4 heterocycles. The molecule has 3 saturated heterocycles.